The van der Waals surface area contributed by atoms with Crippen molar-refractivity contribution in [1.82, 2.24) is 4.31 Å². The first kappa shape index (κ1) is 15.3. The average Bonchev–Trinajstić information content (AvgIpc) is 2.88. The van der Waals surface area contributed by atoms with Gasteiger partial charge in [-0.25, -0.2) is 8.42 Å². The van der Waals surface area contributed by atoms with Crippen LogP contribution >= 0.6 is 11.6 Å². The number of sulfonamides is 1. The number of rotatable bonds is 4. The van der Waals surface area contributed by atoms with Crippen molar-refractivity contribution in [3.63, 3.8) is 0 Å². The molecule has 20 heavy (non-hydrogen) atoms. The Bertz CT molecular complexity index is 637. The largest absolute Gasteiger partial charge is 0.243 e. The molecule has 1 saturated heterocycles. The molecule has 1 atom stereocenters. The molecule has 0 amide bonds. The van der Waals surface area contributed by atoms with Crippen LogP contribution in [0.2, 0.25) is 5.02 Å². The van der Waals surface area contributed by atoms with Gasteiger partial charge in [0.1, 0.15) is 6.07 Å². The summed E-state index contributed by atoms with van der Waals surface area (Å²) in [6.07, 6.45) is 3.04. The first-order valence-electron chi connectivity index (χ1n) is 6.68. The van der Waals surface area contributed by atoms with Gasteiger partial charge in [0.2, 0.25) is 10.0 Å². The smallest absolute Gasteiger partial charge is 0.207 e. The molecule has 0 bridgehead atoms. The minimum atomic E-state index is -3.50. The molecule has 1 unspecified atom stereocenters. The van der Waals surface area contributed by atoms with Gasteiger partial charge in [-0.1, -0.05) is 24.9 Å². The molecule has 1 heterocycles. The monoisotopic (exact) mass is 312 g/mol. The number of nitriles is 1. The Morgan fingerprint density at radius 2 is 2.25 bits per heavy atom. The molecule has 1 aromatic carbocycles. The lowest BCUT2D eigenvalue weighted by atomic mass is 10.0. The zero-order valence-corrected chi connectivity index (χ0v) is 12.9. The molecule has 0 aromatic heterocycles. The lowest BCUT2D eigenvalue weighted by molar-refractivity contribution is 0.444. The molecule has 0 aliphatic carbocycles. The highest BCUT2D eigenvalue weighted by Gasteiger charge is 2.32. The van der Waals surface area contributed by atoms with Crippen molar-refractivity contribution in [3.05, 3.63) is 28.8 Å². The van der Waals surface area contributed by atoms with Gasteiger partial charge in [-0.3, -0.25) is 0 Å². The second kappa shape index (κ2) is 6.13. The summed E-state index contributed by atoms with van der Waals surface area (Å²) in [5, 5.41) is 9.00. The fraction of sp³-hybridized carbons (Fsp3) is 0.500. The molecular formula is C14H17ClN2O2S. The van der Waals surface area contributed by atoms with Gasteiger partial charge < -0.3 is 0 Å². The van der Waals surface area contributed by atoms with Crippen molar-refractivity contribution in [2.24, 2.45) is 5.92 Å². The van der Waals surface area contributed by atoms with E-state index in [2.05, 4.69) is 6.92 Å². The van der Waals surface area contributed by atoms with Crippen molar-refractivity contribution < 1.29 is 8.42 Å². The highest BCUT2D eigenvalue weighted by Crippen LogP contribution is 2.28. The molecule has 0 N–H and O–H groups in total. The second-order valence-electron chi connectivity index (χ2n) is 5.06. The van der Waals surface area contributed by atoms with Crippen LogP contribution < -0.4 is 0 Å². The van der Waals surface area contributed by atoms with E-state index >= 15 is 0 Å². The van der Waals surface area contributed by atoms with Crippen LogP contribution in [0.4, 0.5) is 0 Å². The molecule has 1 aliphatic heterocycles. The van der Waals surface area contributed by atoms with E-state index in [-0.39, 0.29) is 15.5 Å². The summed E-state index contributed by atoms with van der Waals surface area (Å²) in [5.74, 6) is 0.448. The number of hydrogen-bond acceptors (Lipinski definition) is 3. The number of hydrogen-bond donors (Lipinski definition) is 0. The standard InChI is InChI=1S/C14H17ClN2O2S/c1-2-3-11-6-7-17(10-11)20(18,19)13-5-4-12(9-16)14(15)8-13/h4-5,8,11H,2-3,6-7,10H2,1H3. The fourth-order valence-corrected chi connectivity index (χ4v) is 4.40. The molecule has 108 valence electrons. The van der Waals surface area contributed by atoms with Crippen molar-refractivity contribution in [1.29, 1.82) is 5.26 Å². The van der Waals surface area contributed by atoms with E-state index in [0.29, 0.717) is 19.0 Å². The molecule has 0 spiro atoms. The molecule has 6 heteroatoms. The van der Waals surface area contributed by atoms with Crippen LogP contribution in [0.15, 0.2) is 23.1 Å². The molecular weight excluding hydrogens is 296 g/mol. The third-order valence-corrected chi connectivity index (χ3v) is 5.82. The predicted molar refractivity (Wildman–Crippen MR) is 77.9 cm³/mol. The molecule has 1 aliphatic rings. The van der Waals surface area contributed by atoms with Gasteiger partial charge >= 0.3 is 0 Å². The van der Waals surface area contributed by atoms with Crippen LogP contribution in [0, 0.1) is 17.2 Å². The molecule has 0 radical (unpaired) electrons. The first-order valence-corrected chi connectivity index (χ1v) is 8.50. The first-order chi connectivity index (χ1) is 9.48. The minimum Gasteiger partial charge on any atom is -0.207 e. The van der Waals surface area contributed by atoms with E-state index in [4.69, 9.17) is 16.9 Å². The summed E-state index contributed by atoms with van der Waals surface area (Å²) in [7, 11) is -3.50. The molecule has 1 fully saturated rings. The summed E-state index contributed by atoms with van der Waals surface area (Å²) >= 11 is 5.92. The Balaban J connectivity index is 2.23. The fourth-order valence-electron chi connectivity index (χ4n) is 2.56. The molecule has 2 rings (SSSR count). The summed E-state index contributed by atoms with van der Waals surface area (Å²) in [6.45, 7) is 3.25. The zero-order chi connectivity index (χ0) is 14.8. The van der Waals surface area contributed by atoms with Crippen molar-refractivity contribution in [2.45, 2.75) is 31.1 Å². The highest BCUT2D eigenvalue weighted by atomic mass is 35.5. The summed E-state index contributed by atoms with van der Waals surface area (Å²) in [5.41, 5.74) is 0.288. The van der Waals surface area contributed by atoms with E-state index in [1.807, 2.05) is 6.07 Å². The molecule has 0 saturated carbocycles. The van der Waals surface area contributed by atoms with Gasteiger partial charge in [0.25, 0.3) is 0 Å². The Morgan fingerprint density at radius 1 is 1.50 bits per heavy atom. The highest BCUT2D eigenvalue weighted by molar-refractivity contribution is 7.89. The summed E-state index contributed by atoms with van der Waals surface area (Å²) in [6, 6.07) is 6.20. The van der Waals surface area contributed by atoms with E-state index in [1.165, 1.54) is 22.5 Å². The number of nitrogens with zero attached hydrogens (tertiary/aromatic N) is 2. The average molecular weight is 313 g/mol. The lowest BCUT2D eigenvalue weighted by Gasteiger charge is -2.17. The predicted octanol–water partition coefficient (Wildman–Crippen LogP) is 3.02. The lowest BCUT2D eigenvalue weighted by Crippen LogP contribution is -2.28. The Morgan fingerprint density at radius 3 is 2.85 bits per heavy atom. The van der Waals surface area contributed by atoms with Gasteiger partial charge in [0.05, 0.1) is 15.5 Å². The van der Waals surface area contributed by atoms with Gasteiger partial charge in [0.15, 0.2) is 0 Å². The van der Waals surface area contributed by atoms with Gasteiger partial charge in [-0.05, 0) is 37.0 Å². The van der Waals surface area contributed by atoms with Crippen molar-refractivity contribution in [3.8, 4) is 6.07 Å². The SMILES string of the molecule is CCCC1CCN(S(=O)(=O)c2ccc(C#N)c(Cl)c2)C1. The van der Waals surface area contributed by atoms with E-state index in [0.717, 1.165) is 19.3 Å². The maximum atomic E-state index is 12.5. The van der Waals surface area contributed by atoms with Gasteiger partial charge in [-0.2, -0.15) is 9.57 Å². The van der Waals surface area contributed by atoms with Crippen LogP contribution in [0.1, 0.15) is 31.7 Å². The van der Waals surface area contributed by atoms with E-state index < -0.39 is 10.0 Å². The zero-order valence-electron chi connectivity index (χ0n) is 11.3. The van der Waals surface area contributed by atoms with Crippen molar-refractivity contribution in [2.75, 3.05) is 13.1 Å². The van der Waals surface area contributed by atoms with E-state index in [1.54, 1.807) is 0 Å². The number of halogens is 1. The minimum absolute atomic E-state index is 0.165. The quantitative estimate of drug-likeness (QED) is 0.858. The third-order valence-electron chi connectivity index (χ3n) is 3.64. The normalized spacial score (nSPS) is 19.9. The van der Waals surface area contributed by atoms with Crippen LogP contribution in [0.3, 0.4) is 0 Å². The second-order valence-corrected chi connectivity index (χ2v) is 7.41. The van der Waals surface area contributed by atoms with Gasteiger partial charge in [0, 0.05) is 13.1 Å². The van der Waals surface area contributed by atoms with Crippen molar-refractivity contribution >= 4 is 21.6 Å². The van der Waals surface area contributed by atoms with Crippen LogP contribution in [-0.2, 0) is 10.0 Å². The molecule has 4 nitrogen and oxygen atoms in total. The molecule has 1 aromatic rings. The van der Waals surface area contributed by atoms with Crippen LogP contribution in [0.25, 0.3) is 0 Å². The maximum absolute atomic E-state index is 12.5. The van der Waals surface area contributed by atoms with Gasteiger partial charge in [-0.15, -0.1) is 0 Å². The maximum Gasteiger partial charge on any atom is 0.243 e. The Kier molecular flexibility index (Phi) is 4.69. The van der Waals surface area contributed by atoms with E-state index in [9.17, 15) is 8.42 Å². The third kappa shape index (κ3) is 2.98. The summed E-state index contributed by atoms with van der Waals surface area (Å²) in [4.78, 5) is 0.165. The Hall–Kier alpha value is -1.09. The topological polar surface area (TPSA) is 61.2 Å². The summed E-state index contributed by atoms with van der Waals surface area (Å²) < 4.78 is 26.6. The van der Waals surface area contributed by atoms with Crippen LogP contribution in [0.5, 0.6) is 0 Å². The number of benzene rings is 1. The van der Waals surface area contributed by atoms with Crippen LogP contribution in [-0.4, -0.2) is 25.8 Å². The Labute approximate surface area is 125 Å².